The van der Waals surface area contributed by atoms with Crippen molar-refractivity contribution in [1.29, 1.82) is 0 Å². The van der Waals surface area contributed by atoms with Crippen LogP contribution in [0.15, 0.2) is 146 Å². The fourth-order valence-electron chi connectivity index (χ4n) is 8.80. The van der Waals surface area contributed by atoms with Crippen molar-refractivity contribution in [2.45, 2.75) is 132 Å². The summed E-state index contributed by atoms with van der Waals surface area (Å²) in [5.41, 5.74) is 5.75. The Hall–Kier alpha value is -0.191. The minimum absolute atomic E-state index is 0. The van der Waals surface area contributed by atoms with Gasteiger partial charge in [0.15, 0.2) is 15.0 Å². The van der Waals surface area contributed by atoms with E-state index in [1.54, 1.807) is 54.6 Å². The van der Waals surface area contributed by atoms with E-state index in [9.17, 15) is 52.6 Å². The second kappa shape index (κ2) is 40.9. The van der Waals surface area contributed by atoms with E-state index in [0.29, 0.717) is 36.5 Å². The van der Waals surface area contributed by atoms with Crippen LogP contribution in [0.5, 0.6) is 34.5 Å². The predicted octanol–water partition coefficient (Wildman–Crippen LogP) is 2.42. The van der Waals surface area contributed by atoms with E-state index in [1.165, 1.54) is 0 Å². The van der Waals surface area contributed by atoms with E-state index in [-0.39, 0.29) is 173 Å². The molecule has 21 nitrogen and oxygen atoms in total. The van der Waals surface area contributed by atoms with Gasteiger partial charge in [0, 0.05) is 0 Å². The van der Waals surface area contributed by atoms with Gasteiger partial charge in [-0.2, -0.15) is 0 Å². The number of hydrogen-bond donors (Lipinski definition) is 6. The van der Waals surface area contributed by atoms with Crippen LogP contribution in [0.1, 0.15) is 112 Å². The normalized spacial score (nSPS) is 12.8. The first-order valence-corrected chi connectivity index (χ1v) is 36.3. The molecule has 30 heteroatoms. The van der Waals surface area contributed by atoms with E-state index in [4.69, 9.17) is 43.6 Å². The molecule has 0 saturated carbocycles. The van der Waals surface area contributed by atoms with Crippen molar-refractivity contribution in [3.63, 3.8) is 0 Å². The van der Waals surface area contributed by atoms with Gasteiger partial charge in [0.25, 0.3) is 0 Å². The molecule has 6 aromatic rings. The Morgan fingerprint density at radius 1 is 0.368 bits per heavy atom. The third-order valence-electron chi connectivity index (χ3n) is 12.7. The van der Waals surface area contributed by atoms with Crippen LogP contribution < -0.4 is 168 Å². The number of aryl methyl sites for hydroxylation is 6. The van der Waals surface area contributed by atoms with Gasteiger partial charge in [-0.1, -0.05) is 131 Å². The Labute approximate surface area is 639 Å². The minimum atomic E-state index is -5.07. The molecule has 0 saturated heterocycles. The van der Waals surface area contributed by atoms with Gasteiger partial charge in [0.05, 0.1) is 0 Å². The van der Waals surface area contributed by atoms with Crippen LogP contribution >= 0.6 is 22.8 Å². The standard InChI is InChI=1S/3C19H25O7PS.3K/c3*1-2-7-16-10-3-4-12-18(16)26-17-11-5-8-15(14-17)9-6-13-19(27(20,21)22)28(23,24)25;;;/h3*3-5,8,10-12,14,19H,2,6-7,9,13H2,1H3,(H2,20,21,22)(H,23,24,25);;;/q;;;3*+1/p-3. The van der Waals surface area contributed by atoms with Crippen molar-refractivity contribution in [2.24, 2.45) is 0 Å². The molecular weight excluding hydrogens is 1330 g/mol. The molecule has 0 amide bonds. The monoisotopic (exact) mass is 1400 g/mol. The molecule has 462 valence electrons. The third-order valence-corrected chi connectivity index (χ3v) is 23.3. The Kier molecular flexibility index (Phi) is 39.9. The summed E-state index contributed by atoms with van der Waals surface area (Å²) >= 11 is 0. The van der Waals surface area contributed by atoms with Gasteiger partial charge in [-0.25, -0.2) is 25.3 Å². The van der Waals surface area contributed by atoms with Gasteiger partial charge in [0.2, 0.25) is 0 Å². The average molecular weight is 1400 g/mol. The summed E-state index contributed by atoms with van der Waals surface area (Å²) in [6.07, 6.45) is 5.96. The minimum Gasteiger partial charge on any atom is -0.747 e. The maximum absolute atomic E-state index is 11.3. The summed E-state index contributed by atoms with van der Waals surface area (Å²) < 4.78 is 152. The number of benzene rings is 6. The smallest absolute Gasteiger partial charge is 0.747 e. The van der Waals surface area contributed by atoms with Gasteiger partial charge >= 0.3 is 177 Å². The molecule has 6 rings (SSSR count). The van der Waals surface area contributed by atoms with E-state index in [1.807, 2.05) is 91.0 Å². The zero-order chi connectivity index (χ0) is 62.4. The number of ether oxygens (including phenoxy) is 3. The van der Waals surface area contributed by atoms with Gasteiger partial charge in [-0.05, 0) is 165 Å². The van der Waals surface area contributed by atoms with Crippen LogP contribution in [0, 0.1) is 0 Å². The summed E-state index contributed by atoms with van der Waals surface area (Å²) in [6.45, 7) is 6.26. The second-order valence-corrected chi connectivity index (χ2v) is 30.7. The first kappa shape index (κ1) is 84.8. The summed E-state index contributed by atoms with van der Waals surface area (Å²) in [4.78, 5) is 48.0. The van der Waals surface area contributed by atoms with Crippen LogP contribution in [0.3, 0.4) is 0 Å². The first-order valence-electron chi connectivity index (χ1n) is 26.9. The second-order valence-electron chi connectivity index (χ2n) is 19.6. The van der Waals surface area contributed by atoms with Gasteiger partial charge < -0.3 is 57.2 Å². The Morgan fingerprint density at radius 3 is 0.805 bits per heavy atom. The topological polar surface area (TPSA) is 372 Å². The Balaban J connectivity index is 0.000000641. The van der Waals surface area contributed by atoms with Crippen molar-refractivity contribution >= 4 is 53.1 Å². The zero-order valence-electron chi connectivity index (χ0n) is 49.6. The third kappa shape index (κ3) is 31.7. The summed E-state index contributed by atoms with van der Waals surface area (Å²) in [5, 5.41) is 0. The van der Waals surface area contributed by atoms with Crippen molar-refractivity contribution in [3.8, 4) is 34.5 Å². The van der Waals surface area contributed by atoms with E-state index >= 15 is 0 Å². The van der Waals surface area contributed by atoms with Crippen LogP contribution in [0.4, 0.5) is 0 Å². The zero-order valence-corrected chi connectivity index (χ0v) is 64.1. The molecule has 0 aromatic heterocycles. The summed E-state index contributed by atoms with van der Waals surface area (Å²) in [7, 11) is -30.3. The molecular formula is C57H72K3O21P3S3. The van der Waals surface area contributed by atoms with Crippen LogP contribution in [-0.4, -0.2) is 83.2 Å². The molecule has 3 atom stereocenters. The molecule has 0 spiro atoms. The maximum Gasteiger partial charge on any atom is 1.00 e. The maximum atomic E-state index is 11.3. The van der Waals surface area contributed by atoms with E-state index < -0.39 is 87.4 Å². The quantitative estimate of drug-likeness (QED) is 0.0214. The largest absolute Gasteiger partial charge is 1.00 e. The van der Waals surface area contributed by atoms with Crippen LogP contribution in [-0.2, 0) is 82.6 Å². The van der Waals surface area contributed by atoms with Crippen LogP contribution in [0.25, 0.3) is 0 Å². The number of para-hydroxylation sites is 3. The molecule has 6 N–H and O–H groups in total. The Morgan fingerprint density at radius 2 is 0.598 bits per heavy atom. The molecule has 0 bridgehead atoms. The Bertz CT molecular complexity index is 3200. The van der Waals surface area contributed by atoms with Gasteiger partial charge in [-0.3, -0.25) is 13.7 Å². The van der Waals surface area contributed by atoms with Crippen molar-refractivity contribution in [2.75, 3.05) is 0 Å². The summed E-state index contributed by atoms with van der Waals surface area (Å²) in [6, 6.07) is 44.8. The molecule has 0 fully saturated rings. The number of hydrogen-bond acceptors (Lipinski definition) is 15. The molecule has 0 heterocycles. The van der Waals surface area contributed by atoms with E-state index in [2.05, 4.69) is 20.8 Å². The van der Waals surface area contributed by atoms with E-state index in [0.717, 1.165) is 89.2 Å². The molecule has 6 aromatic carbocycles. The molecule has 0 aliphatic heterocycles. The number of rotatable bonds is 30. The molecule has 3 unspecified atom stereocenters. The fraction of sp³-hybridized carbons (Fsp3) is 0.368. The molecule has 0 aliphatic rings. The van der Waals surface area contributed by atoms with Crippen molar-refractivity contribution in [1.82, 2.24) is 0 Å². The molecule has 87 heavy (non-hydrogen) atoms. The van der Waals surface area contributed by atoms with Gasteiger partial charge in [-0.15, -0.1) is 0 Å². The summed E-state index contributed by atoms with van der Waals surface area (Å²) in [5.74, 6) is 4.14. The SMILES string of the molecule is CCCc1ccccc1Oc1cccc(CCCC(P(=O)(O)O)S(=O)(=O)[O-])c1.CCCc1ccccc1Oc1cccc(CCCC(P(=O)(O)O)S(=O)(=O)[O-])c1.CCCc1ccccc1Oc1cccc(CCCC(P(=O)(O)O)S(=O)(=O)[O-])c1.[K+].[K+].[K+]. The van der Waals surface area contributed by atoms with Crippen LogP contribution in [0.2, 0.25) is 0 Å². The fourth-order valence-corrected chi connectivity index (χ4v) is 15.8. The first-order chi connectivity index (χ1) is 39.3. The molecule has 0 radical (unpaired) electrons. The van der Waals surface area contributed by atoms with Crippen molar-refractivity contribution in [3.05, 3.63) is 179 Å². The molecule has 0 aliphatic carbocycles. The average Bonchev–Trinajstić information content (AvgIpc) is 3.61. The predicted molar refractivity (Wildman–Crippen MR) is 316 cm³/mol. The van der Waals surface area contributed by atoms with Crippen molar-refractivity contribution < 1.29 is 250 Å². The van der Waals surface area contributed by atoms with Gasteiger partial charge in [0.1, 0.15) is 64.9 Å².